The summed E-state index contributed by atoms with van der Waals surface area (Å²) >= 11 is 0. The normalized spacial score (nSPS) is 10.4. The van der Waals surface area contributed by atoms with Crippen molar-refractivity contribution >= 4 is 5.95 Å². The van der Waals surface area contributed by atoms with Crippen molar-refractivity contribution < 1.29 is 0 Å². The highest BCUT2D eigenvalue weighted by Gasteiger charge is 2.06. The van der Waals surface area contributed by atoms with E-state index in [0.717, 1.165) is 22.5 Å². The van der Waals surface area contributed by atoms with Crippen LogP contribution < -0.4 is 5.32 Å². The van der Waals surface area contributed by atoms with Gasteiger partial charge in [-0.1, -0.05) is 0 Å². The van der Waals surface area contributed by atoms with Crippen LogP contribution in [0.15, 0.2) is 43.0 Å². The lowest BCUT2D eigenvalue weighted by Gasteiger charge is -2.06. The molecule has 0 saturated heterocycles. The van der Waals surface area contributed by atoms with Crippen molar-refractivity contribution in [2.45, 2.75) is 13.5 Å². The van der Waals surface area contributed by atoms with Gasteiger partial charge in [-0.3, -0.25) is 10.1 Å². The Hall–Kier alpha value is -2.76. The fourth-order valence-corrected chi connectivity index (χ4v) is 1.89. The molecule has 0 atom stereocenters. The monoisotopic (exact) mass is 266 g/mol. The van der Waals surface area contributed by atoms with Gasteiger partial charge in [-0.15, -0.1) is 0 Å². The molecule has 6 nitrogen and oxygen atoms in total. The Morgan fingerprint density at radius 1 is 1.15 bits per heavy atom. The summed E-state index contributed by atoms with van der Waals surface area (Å²) in [6.07, 6.45) is 7.11. The molecule has 0 unspecified atom stereocenters. The maximum Gasteiger partial charge on any atom is 0.223 e. The lowest BCUT2D eigenvalue weighted by atomic mass is 10.2. The molecule has 3 heterocycles. The molecule has 3 rings (SSSR count). The average Bonchev–Trinajstić information content (AvgIpc) is 2.93. The maximum absolute atomic E-state index is 4.49. The summed E-state index contributed by atoms with van der Waals surface area (Å²) in [5, 5.41) is 10.1. The zero-order valence-electron chi connectivity index (χ0n) is 11.0. The molecule has 6 heteroatoms. The molecule has 0 spiro atoms. The van der Waals surface area contributed by atoms with E-state index in [0.29, 0.717) is 12.5 Å². The van der Waals surface area contributed by atoms with Gasteiger partial charge in [0.15, 0.2) is 0 Å². The van der Waals surface area contributed by atoms with Crippen molar-refractivity contribution in [1.82, 2.24) is 25.1 Å². The SMILES string of the molecule is Cc1n[nH]cc1-c1ccnc(NCc2ccncc2)n1. The van der Waals surface area contributed by atoms with Crippen LogP contribution in [0.2, 0.25) is 0 Å². The van der Waals surface area contributed by atoms with Gasteiger partial charge in [0.25, 0.3) is 0 Å². The molecule has 0 saturated carbocycles. The zero-order chi connectivity index (χ0) is 13.8. The van der Waals surface area contributed by atoms with Crippen molar-refractivity contribution in [3.05, 3.63) is 54.2 Å². The summed E-state index contributed by atoms with van der Waals surface area (Å²) < 4.78 is 0. The van der Waals surface area contributed by atoms with E-state index in [1.165, 1.54) is 0 Å². The summed E-state index contributed by atoms with van der Waals surface area (Å²) in [7, 11) is 0. The number of hydrogen-bond donors (Lipinski definition) is 2. The van der Waals surface area contributed by atoms with Gasteiger partial charge in [0, 0.05) is 36.9 Å². The Bertz CT molecular complexity index is 692. The number of hydrogen-bond acceptors (Lipinski definition) is 5. The highest BCUT2D eigenvalue weighted by molar-refractivity contribution is 5.61. The second kappa shape index (κ2) is 5.48. The van der Waals surface area contributed by atoms with E-state index in [4.69, 9.17) is 0 Å². The lowest BCUT2D eigenvalue weighted by molar-refractivity contribution is 1.04. The summed E-state index contributed by atoms with van der Waals surface area (Å²) in [6, 6.07) is 5.78. The number of aromatic nitrogens is 5. The van der Waals surface area contributed by atoms with Crippen LogP contribution in [0.1, 0.15) is 11.3 Å². The summed E-state index contributed by atoms with van der Waals surface area (Å²) in [5.41, 5.74) is 3.89. The molecule has 0 aliphatic heterocycles. The van der Waals surface area contributed by atoms with Crippen molar-refractivity contribution in [3.63, 3.8) is 0 Å². The fraction of sp³-hybridized carbons (Fsp3) is 0.143. The van der Waals surface area contributed by atoms with E-state index in [2.05, 4.69) is 30.5 Å². The lowest BCUT2D eigenvalue weighted by Crippen LogP contribution is -2.04. The third-order valence-electron chi connectivity index (χ3n) is 2.96. The first-order valence-corrected chi connectivity index (χ1v) is 6.29. The number of aryl methyl sites for hydroxylation is 1. The molecule has 0 radical (unpaired) electrons. The van der Waals surface area contributed by atoms with Crippen molar-refractivity contribution in [2.75, 3.05) is 5.32 Å². The predicted molar refractivity (Wildman–Crippen MR) is 75.9 cm³/mol. The highest BCUT2D eigenvalue weighted by Crippen LogP contribution is 2.19. The largest absolute Gasteiger partial charge is 0.350 e. The van der Waals surface area contributed by atoms with E-state index < -0.39 is 0 Å². The third kappa shape index (κ3) is 2.64. The van der Waals surface area contributed by atoms with Gasteiger partial charge >= 0.3 is 0 Å². The van der Waals surface area contributed by atoms with Crippen molar-refractivity contribution in [1.29, 1.82) is 0 Å². The number of nitrogens with one attached hydrogen (secondary N) is 2. The molecule has 0 fully saturated rings. The van der Waals surface area contributed by atoms with Crippen LogP contribution in [0.25, 0.3) is 11.3 Å². The third-order valence-corrected chi connectivity index (χ3v) is 2.96. The maximum atomic E-state index is 4.49. The van der Waals surface area contributed by atoms with Crippen LogP contribution in [-0.2, 0) is 6.54 Å². The van der Waals surface area contributed by atoms with Gasteiger partial charge in [-0.2, -0.15) is 5.10 Å². The van der Waals surface area contributed by atoms with Gasteiger partial charge in [0.05, 0.1) is 11.4 Å². The minimum atomic E-state index is 0.597. The van der Waals surface area contributed by atoms with Crippen LogP contribution in [0.4, 0.5) is 5.95 Å². The van der Waals surface area contributed by atoms with Gasteiger partial charge in [-0.05, 0) is 30.7 Å². The molecule has 100 valence electrons. The van der Waals surface area contributed by atoms with Gasteiger partial charge in [0.1, 0.15) is 0 Å². The Morgan fingerprint density at radius 3 is 2.75 bits per heavy atom. The van der Waals surface area contributed by atoms with Crippen LogP contribution in [0.5, 0.6) is 0 Å². The second-order valence-corrected chi connectivity index (χ2v) is 4.36. The standard InChI is InChI=1S/C14H14N6/c1-10-12(9-18-20-10)13-4-7-16-14(19-13)17-8-11-2-5-15-6-3-11/h2-7,9H,8H2,1H3,(H,18,20)(H,16,17,19). The topological polar surface area (TPSA) is 79.4 Å². The van der Waals surface area contributed by atoms with E-state index in [-0.39, 0.29) is 0 Å². The number of anilines is 1. The zero-order valence-corrected chi connectivity index (χ0v) is 11.0. The van der Waals surface area contributed by atoms with Crippen molar-refractivity contribution in [3.8, 4) is 11.3 Å². The molecule has 3 aromatic heterocycles. The molecule has 3 aromatic rings. The minimum Gasteiger partial charge on any atom is -0.350 e. The minimum absolute atomic E-state index is 0.597. The first-order chi connectivity index (χ1) is 9.83. The number of pyridine rings is 1. The average molecular weight is 266 g/mol. The quantitative estimate of drug-likeness (QED) is 0.756. The molecule has 0 aromatic carbocycles. The van der Waals surface area contributed by atoms with Crippen LogP contribution in [0, 0.1) is 6.92 Å². The van der Waals surface area contributed by atoms with Crippen LogP contribution in [0.3, 0.4) is 0 Å². The number of aromatic amines is 1. The fourth-order valence-electron chi connectivity index (χ4n) is 1.89. The summed E-state index contributed by atoms with van der Waals surface area (Å²) in [4.78, 5) is 12.7. The Kier molecular flexibility index (Phi) is 3.36. The Labute approximate surface area is 116 Å². The van der Waals surface area contributed by atoms with E-state index in [1.54, 1.807) is 18.6 Å². The molecule has 0 aliphatic carbocycles. The number of nitrogens with zero attached hydrogens (tertiary/aromatic N) is 4. The number of rotatable bonds is 4. The molecule has 20 heavy (non-hydrogen) atoms. The van der Waals surface area contributed by atoms with E-state index >= 15 is 0 Å². The number of H-pyrrole nitrogens is 1. The van der Waals surface area contributed by atoms with Gasteiger partial charge in [0.2, 0.25) is 5.95 Å². The molecule has 2 N–H and O–H groups in total. The molecule has 0 aliphatic rings. The first-order valence-electron chi connectivity index (χ1n) is 6.29. The van der Waals surface area contributed by atoms with Gasteiger partial charge in [-0.25, -0.2) is 9.97 Å². The Morgan fingerprint density at radius 2 is 2.00 bits per heavy atom. The summed E-state index contributed by atoms with van der Waals surface area (Å²) in [5.74, 6) is 0.597. The smallest absolute Gasteiger partial charge is 0.223 e. The van der Waals surface area contributed by atoms with Gasteiger partial charge < -0.3 is 5.32 Å². The Balaban J connectivity index is 1.77. The van der Waals surface area contributed by atoms with Crippen LogP contribution >= 0.6 is 0 Å². The molecular formula is C14H14N6. The van der Waals surface area contributed by atoms with Crippen molar-refractivity contribution in [2.24, 2.45) is 0 Å². The van der Waals surface area contributed by atoms with E-state index in [1.807, 2.05) is 31.3 Å². The second-order valence-electron chi connectivity index (χ2n) is 4.36. The summed E-state index contributed by atoms with van der Waals surface area (Å²) in [6.45, 7) is 2.61. The molecule has 0 bridgehead atoms. The highest BCUT2D eigenvalue weighted by atomic mass is 15.1. The van der Waals surface area contributed by atoms with Crippen LogP contribution in [-0.4, -0.2) is 25.1 Å². The van der Waals surface area contributed by atoms with E-state index in [9.17, 15) is 0 Å². The molecular weight excluding hydrogens is 252 g/mol. The predicted octanol–water partition coefficient (Wildman–Crippen LogP) is 2.18. The first kappa shape index (κ1) is 12.3. The molecule has 0 amide bonds.